The van der Waals surface area contributed by atoms with Crippen LogP contribution in [0.4, 0.5) is 14.9 Å². The van der Waals surface area contributed by atoms with Crippen molar-refractivity contribution in [2.75, 3.05) is 18.5 Å². The summed E-state index contributed by atoms with van der Waals surface area (Å²) in [6.45, 7) is 6.36. The highest BCUT2D eigenvalue weighted by Gasteiger charge is 2.15. The van der Waals surface area contributed by atoms with Gasteiger partial charge in [0.05, 0.1) is 0 Å². The van der Waals surface area contributed by atoms with E-state index in [1.165, 1.54) is 12.1 Å². The standard InChI is InChI=1S/C15H23FN2O2/c1-11-7-12(16)9-13(8-11)18-14(20)17-6-4-5-15(2,3)10-19/h7-9,19H,4-6,10H2,1-3H3,(H2,17,18,20). The fourth-order valence-corrected chi connectivity index (χ4v) is 1.83. The Balaban J connectivity index is 2.33. The zero-order valence-corrected chi connectivity index (χ0v) is 12.3. The molecule has 1 aromatic rings. The van der Waals surface area contributed by atoms with Crippen molar-refractivity contribution in [3.63, 3.8) is 0 Å². The molecule has 20 heavy (non-hydrogen) atoms. The summed E-state index contributed by atoms with van der Waals surface area (Å²) in [4.78, 5) is 11.6. The number of rotatable bonds is 6. The van der Waals surface area contributed by atoms with Crippen LogP contribution in [-0.2, 0) is 0 Å². The van der Waals surface area contributed by atoms with Crippen molar-refractivity contribution in [2.45, 2.75) is 33.6 Å². The van der Waals surface area contributed by atoms with Gasteiger partial charge in [0.2, 0.25) is 0 Å². The van der Waals surface area contributed by atoms with Crippen LogP contribution in [0.25, 0.3) is 0 Å². The van der Waals surface area contributed by atoms with E-state index in [4.69, 9.17) is 5.11 Å². The van der Waals surface area contributed by atoms with Crippen LogP contribution in [0.2, 0.25) is 0 Å². The maximum atomic E-state index is 13.2. The number of hydrogen-bond acceptors (Lipinski definition) is 2. The number of hydrogen-bond donors (Lipinski definition) is 3. The topological polar surface area (TPSA) is 61.4 Å². The number of aliphatic hydroxyl groups excluding tert-OH is 1. The lowest BCUT2D eigenvalue weighted by atomic mass is 9.89. The third-order valence-electron chi connectivity index (χ3n) is 3.04. The average molecular weight is 282 g/mol. The number of anilines is 1. The Labute approximate surface area is 119 Å². The van der Waals surface area contributed by atoms with E-state index in [1.807, 2.05) is 13.8 Å². The van der Waals surface area contributed by atoms with Gasteiger partial charge in [0.15, 0.2) is 0 Å². The predicted molar refractivity (Wildman–Crippen MR) is 78.3 cm³/mol. The van der Waals surface area contributed by atoms with Crippen LogP contribution in [0.1, 0.15) is 32.3 Å². The van der Waals surface area contributed by atoms with Gasteiger partial charge in [-0.15, -0.1) is 0 Å². The van der Waals surface area contributed by atoms with Gasteiger partial charge in [-0.1, -0.05) is 13.8 Å². The lowest BCUT2D eigenvalue weighted by Crippen LogP contribution is -2.30. The van der Waals surface area contributed by atoms with Gasteiger partial charge < -0.3 is 15.7 Å². The lowest BCUT2D eigenvalue weighted by Gasteiger charge is -2.21. The number of aliphatic hydroxyl groups is 1. The molecule has 0 spiro atoms. The Morgan fingerprint density at radius 2 is 2.05 bits per heavy atom. The van der Waals surface area contributed by atoms with E-state index < -0.39 is 0 Å². The molecule has 112 valence electrons. The van der Waals surface area contributed by atoms with Gasteiger partial charge in [0.25, 0.3) is 0 Å². The van der Waals surface area contributed by atoms with Gasteiger partial charge in [-0.2, -0.15) is 0 Å². The van der Waals surface area contributed by atoms with E-state index in [9.17, 15) is 9.18 Å². The summed E-state index contributed by atoms with van der Waals surface area (Å²) in [6, 6.07) is 4.04. The highest BCUT2D eigenvalue weighted by atomic mass is 19.1. The molecule has 0 aliphatic rings. The second kappa shape index (κ2) is 7.24. The van der Waals surface area contributed by atoms with E-state index in [2.05, 4.69) is 10.6 Å². The van der Waals surface area contributed by atoms with Crippen LogP contribution in [-0.4, -0.2) is 24.3 Å². The van der Waals surface area contributed by atoms with Crippen molar-refractivity contribution in [1.82, 2.24) is 5.32 Å². The van der Waals surface area contributed by atoms with Crippen LogP contribution in [0.3, 0.4) is 0 Å². The van der Waals surface area contributed by atoms with E-state index in [1.54, 1.807) is 13.0 Å². The molecular weight excluding hydrogens is 259 g/mol. The Hall–Kier alpha value is -1.62. The maximum Gasteiger partial charge on any atom is 0.319 e. The van der Waals surface area contributed by atoms with Crippen molar-refractivity contribution in [1.29, 1.82) is 0 Å². The highest BCUT2D eigenvalue weighted by Crippen LogP contribution is 2.20. The Morgan fingerprint density at radius 3 is 2.65 bits per heavy atom. The van der Waals surface area contributed by atoms with Crippen molar-refractivity contribution in [3.05, 3.63) is 29.6 Å². The molecule has 0 radical (unpaired) electrons. The van der Waals surface area contributed by atoms with E-state index >= 15 is 0 Å². The molecule has 4 nitrogen and oxygen atoms in total. The molecule has 0 atom stereocenters. The number of carbonyl (C=O) groups is 1. The normalized spacial score (nSPS) is 11.2. The number of aryl methyl sites for hydroxylation is 1. The highest BCUT2D eigenvalue weighted by molar-refractivity contribution is 5.89. The summed E-state index contributed by atoms with van der Waals surface area (Å²) >= 11 is 0. The average Bonchev–Trinajstić information content (AvgIpc) is 2.33. The first-order chi connectivity index (χ1) is 9.32. The summed E-state index contributed by atoms with van der Waals surface area (Å²) in [5.74, 6) is -0.370. The minimum atomic E-state index is -0.370. The lowest BCUT2D eigenvalue weighted by molar-refractivity contribution is 0.148. The number of nitrogens with one attached hydrogen (secondary N) is 2. The number of amides is 2. The van der Waals surface area contributed by atoms with Gasteiger partial charge in [0, 0.05) is 18.8 Å². The van der Waals surface area contributed by atoms with Gasteiger partial charge in [-0.3, -0.25) is 0 Å². The molecule has 0 aliphatic carbocycles. The van der Waals surface area contributed by atoms with E-state index in [0.717, 1.165) is 18.4 Å². The molecule has 0 saturated heterocycles. The number of carbonyl (C=O) groups excluding carboxylic acids is 1. The molecule has 1 aromatic carbocycles. The Kier molecular flexibility index (Phi) is 5.95. The molecule has 2 amide bonds. The molecule has 1 rings (SSSR count). The Morgan fingerprint density at radius 1 is 1.35 bits per heavy atom. The SMILES string of the molecule is Cc1cc(F)cc(NC(=O)NCCCC(C)(C)CO)c1. The summed E-state index contributed by atoms with van der Waals surface area (Å²) in [7, 11) is 0. The summed E-state index contributed by atoms with van der Waals surface area (Å²) in [6.07, 6.45) is 1.60. The smallest absolute Gasteiger partial charge is 0.319 e. The zero-order valence-electron chi connectivity index (χ0n) is 12.3. The molecule has 0 heterocycles. The predicted octanol–water partition coefficient (Wildman–Crippen LogP) is 3.05. The number of urea groups is 1. The first-order valence-corrected chi connectivity index (χ1v) is 6.75. The van der Waals surface area contributed by atoms with Crippen LogP contribution < -0.4 is 10.6 Å². The maximum absolute atomic E-state index is 13.2. The first-order valence-electron chi connectivity index (χ1n) is 6.75. The molecule has 0 fully saturated rings. The molecule has 5 heteroatoms. The van der Waals surface area contributed by atoms with E-state index in [-0.39, 0.29) is 23.9 Å². The minimum absolute atomic E-state index is 0.127. The molecule has 3 N–H and O–H groups in total. The number of halogens is 1. The van der Waals surface area contributed by atoms with Crippen LogP contribution >= 0.6 is 0 Å². The summed E-state index contributed by atoms with van der Waals surface area (Å²) in [5.41, 5.74) is 1.07. The summed E-state index contributed by atoms with van der Waals surface area (Å²) < 4.78 is 13.2. The van der Waals surface area contributed by atoms with Crippen molar-refractivity contribution < 1.29 is 14.3 Å². The summed E-state index contributed by atoms with van der Waals surface area (Å²) in [5, 5.41) is 14.4. The van der Waals surface area contributed by atoms with Crippen molar-refractivity contribution in [2.24, 2.45) is 5.41 Å². The third kappa shape index (κ3) is 6.02. The van der Waals surface area contributed by atoms with Crippen molar-refractivity contribution in [3.8, 4) is 0 Å². The third-order valence-corrected chi connectivity index (χ3v) is 3.04. The van der Waals surface area contributed by atoms with Gasteiger partial charge >= 0.3 is 6.03 Å². The van der Waals surface area contributed by atoms with Crippen LogP contribution in [0, 0.1) is 18.2 Å². The van der Waals surface area contributed by atoms with Crippen LogP contribution in [0.15, 0.2) is 18.2 Å². The quantitative estimate of drug-likeness (QED) is 0.702. The van der Waals surface area contributed by atoms with Crippen LogP contribution in [0.5, 0.6) is 0 Å². The van der Waals surface area contributed by atoms with Gasteiger partial charge in [-0.25, -0.2) is 9.18 Å². The molecule has 0 bridgehead atoms. The molecule has 0 unspecified atom stereocenters. The first kappa shape index (κ1) is 16.4. The fourth-order valence-electron chi connectivity index (χ4n) is 1.83. The molecule has 0 saturated carbocycles. The van der Waals surface area contributed by atoms with Gasteiger partial charge in [-0.05, 0) is 48.9 Å². The monoisotopic (exact) mass is 282 g/mol. The van der Waals surface area contributed by atoms with Gasteiger partial charge in [0.1, 0.15) is 5.82 Å². The Bertz CT molecular complexity index is 441. The number of benzene rings is 1. The largest absolute Gasteiger partial charge is 0.396 e. The molecule has 0 aromatic heterocycles. The zero-order chi connectivity index (χ0) is 15.2. The fraction of sp³-hybridized carbons (Fsp3) is 0.533. The minimum Gasteiger partial charge on any atom is -0.396 e. The van der Waals surface area contributed by atoms with E-state index in [0.29, 0.717) is 12.2 Å². The molecule has 0 aliphatic heterocycles. The molecular formula is C15H23FN2O2. The second-order valence-corrected chi connectivity index (χ2v) is 5.82. The van der Waals surface area contributed by atoms with Crippen molar-refractivity contribution >= 4 is 11.7 Å². The second-order valence-electron chi connectivity index (χ2n) is 5.82.